The Balaban J connectivity index is 2.05. The van der Waals surface area contributed by atoms with E-state index in [1.54, 1.807) is 0 Å². The summed E-state index contributed by atoms with van der Waals surface area (Å²) in [5.41, 5.74) is 9.20. The van der Waals surface area contributed by atoms with E-state index in [1.807, 2.05) is 17.0 Å². The molecule has 1 heterocycles. The maximum Gasteiger partial charge on any atom is 0.225 e. The van der Waals surface area contributed by atoms with E-state index in [-0.39, 0.29) is 5.92 Å². The highest BCUT2D eigenvalue weighted by atomic mass is 16.2. The van der Waals surface area contributed by atoms with Crippen molar-refractivity contribution >= 4 is 11.6 Å². The van der Waals surface area contributed by atoms with Gasteiger partial charge in [0.25, 0.3) is 0 Å². The first kappa shape index (κ1) is 14.9. The van der Waals surface area contributed by atoms with Crippen LogP contribution in [-0.4, -0.2) is 17.4 Å². The Bertz CT molecular complexity index is 470. The number of carbonyl (C=O) groups is 1. The van der Waals surface area contributed by atoms with Crippen LogP contribution in [-0.2, 0) is 17.8 Å². The minimum atomic E-state index is 0.192. The molecule has 1 atom stereocenters. The molecule has 0 saturated carbocycles. The Morgan fingerprint density at radius 1 is 1.35 bits per heavy atom. The van der Waals surface area contributed by atoms with Crippen molar-refractivity contribution in [1.29, 1.82) is 0 Å². The summed E-state index contributed by atoms with van der Waals surface area (Å²) in [6, 6.07) is 6.06. The lowest BCUT2D eigenvalue weighted by molar-refractivity contribution is -0.136. The van der Waals surface area contributed by atoms with Crippen molar-refractivity contribution in [2.45, 2.75) is 52.5 Å². The number of hydrogen-bond acceptors (Lipinski definition) is 2. The summed E-state index contributed by atoms with van der Waals surface area (Å²) in [5.74, 6) is 0.520. The standard InChI is InChI=1S/C17H26N2O/c1-3-5-6-13(4-2)17(20)19-10-9-14-7-8-16(18)11-15(14)12-19/h7-8,11,13H,3-6,9-10,12,18H2,1-2H3. The number of unbranched alkanes of at least 4 members (excludes halogenated alkanes) is 1. The minimum Gasteiger partial charge on any atom is -0.399 e. The molecule has 20 heavy (non-hydrogen) atoms. The number of anilines is 1. The number of nitrogens with zero attached hydrogens (tertiary/aromatic N) is 1. The first-order valence-corrected chi connectivity index (χ1v) is 7.81. The van der Waals surface area contributed by atoms with E-state index in [0.717, 1.165) is 50.9 Å². The van der Waals surface area contributed by atoms with Crippen molar-refractivity contribution in [2.75, 3.05) is 12.3 Å². The van der Waals surface area contributed by atoms with Gasteiger partial charge in [0.15, 0.2) is 0 Å². The smallest absolute Gasteiger partial charge is 0.225 e. The van der Waals surface area contributed by atoms with E-state index in [0.29, 0.717) is 5.91 Å². The number of fused-ring (bicyclic) bond motifs is 1. The fraction of sp³-hybridized carbons (Fsp3) is 0.588. The van der Waals surface area contributed by atoms with Gasteiger partial charge in [-0.3, -0.25) is 4.79 Å². The summed E-state index contributed by atoms with van der Waals surface area (Å²) in [7, 11) is 0. The third kappa shape index (κ3) is 3.33. The number of nitrogens with two attached hydrogens (primary N) is 1. The molecule has 1 aromatic rings. The van der Waals surface area contributed by atoms with Crippen LogP contribution in [0.4, 0.5) is 5.69 Å². The topological polar surface area (TPSA) is 46.3 Å². The van der Waals surface area contributed by atoms with Gasteiger partial charge in [0, 0.05) is 24.7 Å². The molecule has 1 unspecified atom stereocenters. The van der Waals surface area contributed by atoms with Gasteiger partial charge in [-0.15, -0.1) is 0 Å². The predicted molar refractivity (Wildman–Crippen MR) is 83.3 cm³/mol. The molecule has 110 valence electrons. The third-order valence-electron chi connectivity index (χ3n) is 4.30. The summed E-state index contributed by atoms with van der Waals surface area (Å²) in [6.07, 6.45) is 5.21. The average molecular weight is 274 g/mol. The molecular formula is C17H26N2O. The first-order chi connectivity index (χ1) is 9.65. The van der Waals surface area contributed by atoms with E-state index in [9.17, 15) is 4.79 Å². The molecule has 0 spiro atoms. The lowest BCUT2D eigenvalue weighted by Gasteiger charge is -2.32. The van der Waals surface area contributed by atoms with Gasteiger partial charge < -0.3 is 10.6 Å². The van der Waals surface area contributed by atoms with Crippen LogP contribution in [0.25, 0.3) is 0 Å². The molecule has 1 aliphatic rings. The zero-order valence-corrected chi connectivity index (χ0v) is 12.7. The number of hydrogen-bond donors (Lipinski definition) is 1. The lowest BCUT2D eigenvalue weighted by atomic mass is 9.94. The SMILES string of the molecule is CCCCC(CC)C(=O)N1CCc2ccc(N)cc2C1. The maximum absolute atomic E-state index is 12.6. The molecule has 0 bridgehead atoms. The number of amides is 1. The fourth-order valence-electron chi connectivity index (χ4n) is 2.98. The largest absolute Gasteiger partial charge is 0.399 e. The lowest BCUT2D eigenvalue weighted by Crippen LogP contribution is -2.39. The maximum atomic E-state index is 12.6. The Kier molecular flexibility index (Phi) is 5.05. The summed E-state index contributed by atoms with van der Waals surface area (Å²) < 4.78 is 0. The Morgan fingerprint density at radius 3 is 2.85 bits per heavy atom. The van der Waals surface area contributed by atoms with Crippen LogP contribution in [0.1, 0.15) is 50.7 Å². The van der Waals surface area contributed by atoms with Crippen LogP contribution in [0.3, 0.4) is 0 Å². The van der Waals surface area contributed by atoms with Crippen molar-refractivity contribution in [3.63, 3.8) is 0 Å². The van der Waals surface area contributed by atoms with Crippen LogP contribution in [0.5, 0.6) is 0 Å². The second kappa shape index (κ2) is 6.78. The van der Waals surface area contributed by atoms with Gasteiger partial charge in [0.2, 0.25) is 5.91 Å². The number of nitrogen functional groups attached to an aromatic ring is 1. The van der Waals surface area contributed by atoms with E-state index in [2.05, 4.69) is 19.9 Å². The Hall–Kier alpha value is -1.51. The molecule has 0 saturated heterocycles. The van der Waals surface area contributed by atoms with Crippen molar-refractivity contribution in [3.05, 3.63) is 29.3 Å². The van der Waals surface area contributed by atoms with Crippen LogP contribution in [0.2, 0.25) is 0 Å². The highest BCUT2D eigenvalue weighted by molar-refractivity contribution is 5.79. The van der Waals surface area contributed by atoms with Crippen LogP contribution < -0.4 is 5.73 Å². The summed E-state index contributed by atoms with van der Waals surface area (Å²) in [5, 5.41) is 0. The van der Waals surface area contributed by atoms with Gasteiger partial charge >= 0.3 is 0 Å². The molecule has 0 fully saturated rings. The van der Waals surface area contributed by atoms with Gasteiger partial charge in [-0.1, -0.05) is 32.8 Å². The summed E-state index contributed by atoms with van der Waals surface area (Å²) in [4.78, 5) is 14.6. The first-order valence-electron chi connectivity index (χ1n) is 7.81. The van der Waals surface area contributed by atoms with Gasteiger partial charge in [-0.2, -0.15) is 0 Å². The van der Waals surface area contributed by atoms with Crippen LogP contribution >= 0.6 is 0 Å². The van der Waals surface area contributed by atoms with E-state index < -0.39 is 0 Å². The molecule has 2 N–H and O–H groups in total. The van der Waals surface area contributed by atoms with E-state index >= 15 is 0 Å². The van der Waals surface area contributed by atoms with E-state index in [4.69, 9.17) is 5.73 Å². The third-order valence-corrected chi connectivity index (χ3v) is 4.30. The molecule has 0 aliphatic carbocycles. The molecule has 1 amide bonds. The van der Waals surface area contributed by atoms with E-state index in [1.165, 1.54) is 11.1 Å². The van der Waals surface area contributed by atoms with Crippen molar-refractivity contribution in [1.82, 2.24) is 4.90 Å². The fourth-order valence-corrected chi connectivity index (χ4v) is 2.98. The second-order valence-corrected chi connectivity index (χ2v) is 5.79. The van der Waals surface area contributed by atoms with Crippen LogP contribution in [0, 0.1) is 5.92 Å². The van der Waals surface area contributed by atoms with Crippen LogP contribution in [0.15, 0.2) is 18.2 Å². The minimum absolute atomic E-state index is 0.192. The van der Waals surface area contributed by atoms with Crippen molar-refractivity contribution in [3.8, 4) is 0 Å². The van der Waals surface area contributed by atoms with Gasteiger partial charge in [-0.25, -0.2) is 0 Å². The van der Waals surface area contributed by atoms with Gasteiger partial charge in [-0.05, 0) is 42.5 Å². The molecule has 0 radical (unpaired) electrons. The molecule has 1 aliphatic heterocycles. The van der Waals surface area contributed by atoms with Crippen molar-refractivity contribution < 1.29 is 4.79 Å². The molecular weight excluding hydrogens is 248 g/mol. The zero-order chi connectivity index (χ0) is 14.5. The average Bonchev–Trinajstić information content (AvgIpc) is 2.47. The second-order valence-electron chi connectivity index (χ2n) is 5.79. The molecule has 0 aromatic heterocycles. The monoisotopic (exact) mass is 274 g/mol. The number of carbonyl (C=O) groups excluding carboxylic acids is 1. The molecule has 2 rings (SSSR count). The van der Waals surface area contributed by atoms with Gasteiger partial charge in [0.1, 0.15) is 0 Å². The predicted octanol–water partition coefficient (Wildman–Crippen LogP) is 3.37. The summed E-state index contributed by atoms with van der Waals surface area (Å²) in [6.45, 7) is 5.87. The van der Waals surface area contributed by atoms with Gasteiger partial charge in [0.05, 0.1) is 0 Å². The normalized spacial score (nSPS) is 15.8. The highest BCUT2D eigenvalue weighted by Gasteiger charge is 2.25. The number of benzene rings is 1. The molecule has 3 nitrogen and oxygen atoms in total. The summed E-state index contributed by atoms with van der Waals surface area (Å²) >= 11 is 0. The van der Waals surface area contributed by atoms with Crippen molar-refractivity contribution in [2.24, 2.45) is 5.92 Å². The highest BCUT2D eigenvalue weighted by Crippen LogP contribution is 2.24. The Labute approximate surface area is 122 Å². The zero-order valence-electron chi connectivity index (χ0n) is 12.7. The Morgan fingerprint density at radius 2 is 2.15 bits per heavy atom. The number of rotatable bonds is 5. The molecule has 3 heteroatoms. The molecule has 1 aromatic carbocycles. The quantitative estimate of drug-likeness (QED) is 0.837.